The Balaban J connectivity index is 1.08. The summed E-state index contributed by atoms with van der Waals surface area (Å²) in [4.78, 5) is 30.9. The van der Waals surface area contributed by atoms with Crippen LogP contribution in [-0.2, 0) is 13.0 Å². The molecule has 2 heterocycles. The fraction of sp³-hybridized carbons (Fsp3) is 0.364. The highest BCUT2D eigenvalue weighted by Gasteiger charge is 2.42. The van der Waals surface area contributed by atoms with Gasteiger partial charge in [0.1, 0.15) is 5.82 Å². The SMILES string of the molecule is N#Cc1ccc(CN2CCC3(CC2)CCN(C(=O)c2ccc4c(c2)C(NC(=O)c2c(F)cccc2Cl)CC4)C3)cc1. The van der Waals surface area contributed by atoms with Crippen molar-refractivity contribution in [2.75, 3.05) is 26.2 Å². The van der Waals surface area contributed by atoms with Gasteiger partial charge in [0.25, 0.3) is 11.8 Å². The first-order chi connectivity index (χ1) is 19.8. The van der Waals surface area contributed by atoms with Gasteiger partial charge in [-0.05, 0) is 104 Å². The number of hydrogen-bond donors (Lipinski definition) is 1. The van der Waals surface area contributed by atoms with Crippen molar-refractivity contribution in [2.45, 2.75) is 44.7 Å². The first-order valence-corrected chi connectivity index (χ1v) is 14.6. The number of carbonyl (C=O) groups excluding carboxylic acids is 2. The lowest BCUT2D eigenvalue weighted by atomic mass is 9.77. The number of rotatable bonds is 5. The van der Waals surface area contributed by atoms with Crippen LogP contribution < -0.4 is 5.32 Å². The monoisotopic (exact) mass is 570 g/mol. The molecule has 2 aliphatic heterocycles. The van der Waals surface area contributed by atoms with Gasteiger partial charge in [0, 0.05) is 25.2 Å². The van der Waals surface area contributed by atoms with Gasteiger partial charge in [-0.3, -0.25) is 14.5 Å². The van der Waals surface area contributed by atoms with E-state index >= 15 is 0 Å². The van der Waals surface area contributed by atoms with Crippen LogP contribution in [0.2, 0.25) is 5.02 Å². The molecule has 1 aliphatic carbocycles. The van der Waals surface area contributed by atoms with E-state index in [0.29, 0.717) is 17.5 Å². The van der Waals surface area contributed by atoms with E-state index in [2.05, 4.69) is 16.3 Å². The first kappa shape index (κ1) is 27.4. The van der Waals surface area contributed by atoms with Crippen LogP contribution in [0, 0.1) is 22.6 Å². The van der Waals surface area contributed by atoms with Crippen molar-refractivity contribution in [1.29, 1.82) is 5.26 Å². The lowest BCUT2D eigenvalue weighted by Crippen LogP contribution is -2.42. The molecule has 2 saturated heterocycles. The molecule has 3 aliphatic rings. The predicted octanol–water partition coefficient (Wildman–Crippen LogP) is 5.90. The van der Waals surface area contributed by atoms with Crippen molar-refractivity contribution < 1.29 is 14.0 Å². The van der Waals surface area contributed by atoms with Crippen molar-refractivity contribution >= 4 is 23.4 Å². The molecule has 3 aromatic carbocycles. The zero-order chi connectivity index (χ0) is 28.6. The summed E-state index contributed by atoms with van der Waals surface area (Å²) < 4.78 is 14.3. The number of nitriles is 1. The lowest BCUT2D eigenvalue weighted by molar-refractivity contribution is 0.0713. The Kier molecular flexibility index (Phi) is 7.54. The molecule has 0 bridgehead atoms. The maximum absolute atomic E-state index is 14.3. The van der Waals surface area contributed by atoms with Crippen molar-refractivity contribution in [3.8, 4) is 6.07 Å². The molecule has 1 atom stereocenters. The van der Waals surface area contributed by atoms with Crippen LogP contribution in [0.15, 0.2) is 60.7 Å². The summed E-state index contributed by atoms with van der Waals surface area (Å²) in [6, 6.07) is 19.6. The minimum absolute atomic E-state index is 0.0267. The average molecular weight is 571 g/mol. The predicted molar refractivity (Wildman–Crippen MR) is 155 cm³/mol. The summed E-state index contributed by atoms with van der Waals surface area (Å²) >= 11 is 6.10. The minimum Gasteiger partial charge on any atom is -0.345 e. The molecule has 8 heteroatoms. The Bertz CT molecular complexity index is 1500. The quantitative estimate of drug-likeness (QED) is 0.415. The summed E-state index contributed by atoms with van der Waals surface area (Å²) in [5.41, 5.74) is 4.54. The third kappa shape index (κ3) is 5.59. The van der Waals surface area contributed by atoms with E-state index in [1.54, 1.807) is 0 Å². The second-order valence-corrected chi connectivity index (χ2v) is 12.0. The van der Waals surface area contributed by atoms with Gasteiger partial charge in [0.2, 0.25) is 0 Å². The number of piperidine rings is 1. The number of halogens is 2. The van der Waals surface area contributed by atoms with Crippen LogP contribution in [0.5, 0.6) is 0 Å². The van der Waals surface area contributed by atoms with Crippen LogP contribution in [0.25, 0.3) is 0 Å². The Hall–Kier alpha value is -3.73. The Labute approximate surface area is 244 Å². The lowest BCUT2D eigenvalue weighted by Gasteiger charge is -2.39. The number of aryl methyl sites for hydroxylation is 1. The highest BCUT2D eigenvalue weighted by Crippen LogP contribution is 2.41. The maximum Gasteiger partial charge on any atom is 0.256 e. The number of benzene rings is 3. The third-order valence-electron chi connectivity index (χ3n) is 9.10. The largest absolute Gasteiger partial charge is 0.345 e. The zero-order valence-corrected chi connectivity index (χ0v) is 23.6. The van der Waals surface area contributed by atoms with Gasteiger partial charge in [0.15, 0.2) is 0 Å². The third-order valence-corrected chi connectivity index (χ3v) is 9.41. The standard InChI is InChI=1S/C33H32ClFN4O2/c34-27-2-1-3-28(35)30(27)31(40)37-29-11-10-24-8-9-25(18-26(24)29)32(41)39-17-14-33(21-39)12-15-38(16-13-33)20-23-6-4-22(19-36)5-7-23/h1-9,18,29H,10-17,20-21H2,(H,37,40). The van der Waals surface area contributed by atoms with E-state index in [4.69, 9.17) is 16.9 Å². The van der Waals surface area contributed by atoms with E-state index in [0.717, 1.165) is 69.5 Å². The molecule has 3 aromatic rings. The van der Waals surface area contributed by atoms with Crippen molar-refractivity contribution in [3.63, 3.8) is 0 Å². The molecule has 41 heavy (non-hydrogen) atoms. The number of hydrogen-bond acceptors (Lipinski definition) is 4. The van der Waals surface area contributed by atoms with E-state index < -0.39 is 11.7 Å². The van der Waals surface area contributed by atoms with Crippen molar-refractivity contribution in [2.24, 2.45) is 5.41 Å². The van der Waals surface area contributed by atoms with E-state index in [1.807, 2.05) is 47.4 Å². The average Bonchev–Trinajstić information content (AvgIpc) is 3.58. The molecule has 1 unspecified atom stereocenters. The molecule has 6 rings (SSSR count). The molecule has 0 radical (unpaired) electrons. The van der Waals surface area contributed by atoms with Gasteiger partial charge >= 0.3 is 0 Å². The number of carbonyl (C=O) groups is 2. The molecule has 6 nitrogen and oxygen atoms in total. The fourth-order valence-electron chi connectivity index (χ4n) is 6.66. The van der Waals surface area contributed by atoms with Gasteiger partial charge in [0.05, 0.1) is 28.3 Å². The highest BCUT2D eigenvalue weighted by atomic mass is 35.5. The summed E-state index contributed by atoms with van der Waals surface area (Å²) in [7, 11) is 0. The molecule has 0 aromatic heterocycles. The van der Waals surface area contributed by atoms with Crippen LogP contribution in [0.3, 0.4) is 0 Å². The Morgan fingerprint density at radius 1 is 1.05 bits per heavy atom. The number of nitrogens with zero attached hydrogens (tertiary/aromatic N) is 3. The molecule has 1 spiro atoms. The normalized spacial score (nSPS) is 19.6. The molecular weight excluding hydrogens is 539 g/mol. The molecule has 2 fully saturated rings. The number of likely N-dealkylation sites (tertiary alicyclic amines) is 2. The summed E-state index contributed by atoms with van der Waals surface area (Å²) in [5.74, 6) is -1.17. The van der Waals surface area contributed by atoms with Gasteiger partial charge in [-0.2, -0.15) is 5.26 Å². The molecule has 1 N–H and O–H groups in total. The number of nitrogens with one attached hydrogen (secondary N) is 1. The molecule has 2 amide bonds. The highest BCUT2D eigenvalue weighted by molar-refractivity contribution is 6.33. The topological polar surface area (TPSA) is 76.4 Å². The molecule has 0 saturated carbocycles. The van der Waals surface area contributed by atoms with Crippen molar-refractivity contribution in [3.05, 3.63) is 105 Å². The van der Waals surface area contributed by atoms with Gasteiger partial charge in [-0.15, -0.1) is 0 Å². The van der Waals surface area contributed by atoms with Gasteiger partial charge in [-0.1, -0.05) is 35.9 Å². The Morgan fingerprint density at radius 3 is 2.54 bits per heavy atom. The van der Waals surface area contributed by atoms with Gasteiger partial charge < -0.3 is 10.2 Å². The number of fused-ring (bicyclic) bond motifs is 1. The van der Waals surface area contributed by atoms with Crippen LogP contribution in [0.4, 0.5) is 4.39 Å². The van der Waals surface area contributed by atoms with Gasteiger partial charge in [-0.25, -0.2) is 4.39 Å². The number of amides is 2. The summed E-state index contributed by atoms with van der Waals surface area (Å²) in [6.07, 6.45) is 4.60. The van der Waals surface area contributed by atoms with Crippen LogP contribution in [0.1, 0.15) is 74.7 Å². The van der Waals surface area contributed by atoms with Crippen molar-refractivity contribution in [1.82, 2.24) is 15.1 Å². The maximum atomic E-state index is 14.3. The molecular formula is C33H32ClFN4O2. The zero-order valence-electron chi connectivity index (χ0n) is 22.8. The van der Waals surface area contributed by atoms with E-state index in [9.17, 15) is 14.0 Å². The minimum atomic E-state index is -0.653. The fourth-order valence-corrected chi connectivity index (χ4v) is 6.91. The smallest absolute Gasteiger partial charge is 0.256 e. The Morgan fingerprint density at radius 2 is 1.80 bits per heavy atom. The van der Waals surface area contributed by atoms with E-state index in [-0.39, 0.29) is 28.0 Å². The summed E-state index contributed by atoms with van der Waals surface area (Å²) in [5, 5.41) is 12.0. The van der Waals surface area contributed by atoms with Crippen LogP contribution in [-0.4, -0.2) is 47.8 Å². The van der Waals surface area contributed by atoms with E-state index in [1.165, 1.54) is 23.8 Å². The first-order valence-electron chi connectivity index (χ1n) is 14.2. The summed E-state index contributed by atoms with van der Waals surface area (Å²) in [6.45, 7) is 4.38. The molecule has 210 valence electrons. The van der Waals surface area contributed by atoms with Crippen LogP contribution >= 0.6 is 11.6 Å². The second-order valence-electron chi connectivity index (χ2n) is 11.6. The second kappa shape index (κ2) is 11.3.